The molecule has 1 aromatic carbocycles. The smallest absolute Gasteiger partial charge is 0.124 e. The first-order valence-electron chi connectivity index (χ1n) is 8.18. The van der Waals surface area contributed by atoms with Crippen LogP contribution in [0.3, 0.4) is 0 Å². The first-order valence-corrected chi connectivity index (χ1v) is 8.18. The number of hydrogen-bond acceptors (Lipinski definition) is 3. The molecule has 1 aliphatic carbocycles. The molecule has 0 amide bonds. The zero-order valence-electron chi connectivity index (χ0n) is 12.6. The molecule has 0 aromatic heterocycles. The number of halogens is 1. The van der Waals surface area contributed by atoms with E-state index >= 15 is 0 Å². The van der Waals surface area contributed by atoms with Crippen molar-refractivity contribution in [1.29, 1.82) is 0 Å². The van der Waals surface area contributed by atoms with Gasteiger partial charge in [0.15, 0.2) is 0 Å². The summed E-state index contributed by atoms with van der Waals surface area (Å²) >= 11 is 0. The molecule has 2 aliphatic rings. The van der Waals surface area contributed by atoms with Crippen molar-refractivity contribution in [2.75, 3.05) is 26.2 Å². The van der Waals surface area contributed by atoms with Gasteiger partial charge in [0, 0.05) is 24.7 Å². The maximum Gasteiger partial charge on any atom is 0.124 e. The van der Waals surface area contributed by atoms with Crippen LogP contribution in [0.25, 0.3) is 0 Å². The Balaban J connectivity index is 1.50. The minimum absolute atomic E-state index is 0.189. The molecule has 1 saturated heterocycles. The number of ether oxygens (including phenoxy) is 1. The maximum absolute atomic E-state index is 13.4. The molecule has 3 nitrogen and oxygen atoms in total. The van der Waals surface area contributed by atoms with Crippen molar-refractivity contribution in [3.63, 3.8) is 0 Å². The van der Waals surface area contributed by atoms with Crippen molar-refractivity contribution in [2.24, 2.45) is 0 Å². The standard InChI is InChI=1S/C17H25FN2O/c18-15-4-7-17(14(12-15)13-19-16-5-6-16)21-11-10-20-8-2-1-3-9-20/h4,7,12,16,19H,1-3,5-6,8-11,13H2. The number of nitrogens with zero attached hydrogens (tertiary/aromatic N) is 1. The third-order valence-electron chi connectivity index (χ3n) is 4.29. The lowest BCUT2D eigenvalue weighted by atomic mass is 10.1. The Labute approximate surface area is 126 Å². The van der Waals surface area contributed by atoms with Crippen LogP contribution in [0.5, 0.6) is 5.75 Å². The Morgan fingerprint density at radius 2 is 2.00 bits per heavy atom. The number of piperidine rings is 1. The maximum atomic E-state index is 13.4. The average molecular weight is 292 g/mol. The van der Waals surface area contributed by atoms with Gasteiger partial charge in [-0.3, -0.25) is 4.90 Å². The minimum atomic E-state index is -0.189. The first-order chi connectivity index (χ1) is 10.3. The summed E-state index contributed by atoms with van der Waals surface area (Å²) in [5.74, 6) is 0.632. The van der Waals surface area contributed by atoms with Crippen molar-refractivity contribution < 1.29 is 9.13 Å². The second-order valence-corrected chi connectivity index (χ2v) is 6.16. The number of nitrogens with one attached hydrogen (secondary N) is 1. The zero-order chi connectivity index (χ0) is 14.5. The van der Waals surface area contributed by atoms with Gasteiger partial charge in [-0.05, 0) is 57.0 Å². The molecule has 0 spiro atoms. The summed E-state index contributed by atoms with van der Waals surface area (Å²) in [4.78, 5) is 2.45. The number of likely N-dealkylation sites (tertiary alicyclic amines) is 1. The van der Waals surface area contributed by atoms with Crippen LogP contribution in [0.15, 0.2) is 18.2 Å². The topological polar surface area (TPSA) is 24.5 Å². The van der Waals surface area contributed by atoms with Crippen molar-refractivity contribution in [3.8, 4) is 5.75 Å². The predicted octanol–water partition coefficient (Wildman–Crippen LogP) is 2.94. The van der Waals surface area contributed by atoms with E-state index < -0.39 is 0 Å². The summed E-state index contributed by atoms with van der Waals surface area (Å²) in [6, 6.07) is 5.45. The Morgan fingerprint density at radius 3 is 2.76 bits per heavy atom. The fraction of sp³-hybridized carbons (Fsp3) is 0.647. The van der Waals surface area contributed by atoms with Crippen molar-refractivity contribution in [2.45, 2.75) is 44.7 Å². The van der Waals surface area contributed by atoms with Crippen LogP contribution in [0.4, 0.5) is 4.39 Å². The molecule has 1 aromatic rings. The monoisotopic (exact) mass is 292 g/mol. The highest BCUT2D eigenvalue weighted by molar-refractivity contribution is 5.34. The van der Waals surface area contributed by atoms with Crippen LogP contribution in [0, 0.1) is 5.82 Å². The average Bonchev–Trinajstić information content (AvgIpc) is 3.32. The third kappa shape index (κ3) is 4.68. The Kier molecular flexibility index (Phi) is 5.09. The van der Waals surface area contributed by atoms with Gasteiger partial charge in [-0.25, -0.2) is 4.39 Å². The summed E-state index contributed by atoms with van der Waals surface area (Å²) < 4.78 is 19.3. The van der Waals surface area contributed by atoms with Crippen molar-refractivity contribution >= 4 is 0 Å². The molecule has 0 atom stereocenters. The van der Waals surface area contributed by atoms with Crippen molar-refractivity contribution in [1.82, 2.24) is 10.2 Å². The molecule has 0 unspecified atom stereocenters. The summed E-state index contributed by atoms with van der Waals surface area (Å²) in [5.41, 5.74) is 0.931. The van der Waals surface area contributed by atoms with Crippen LogP contribution >= 0.6 is 0 Å². The van der Waals surface area contributed by atoms with Crippen LogP contribution < -0.4 is 10.1 Å². The second kappa shape index (κ2) is 7.23. The molecule has 3 rings (SSSR count). The van der Waals surface area contributed by atoms with Crippen LogP contribution in [-0.2, 0) is 6.54 Å². The van der Waals surface area contributed by atoms with E-state index in [-0.39, 0.29) is 5.82 Å². The summed E-state index contributed by atoms with van der Waals surface area (Å²) in [7, 11) is 0. The van der Waals surface area contributed by atoms with E-state index in [1.54, 1.807) is 12.1 Å². The number of hydrogen-bond donors (Lipinski definition) is 1. The van der Waals surface area contributed by atoms with Crippen molar-refractivity contribution in [3.05, 3.63) is 29.6 Å². The van der Waals surface area contributed by atoms with Crippen LogP contribution in [-0.4, -0.2) is 37.2 Å². The van der Waals surface area contributed by atoms with E-state index in [0.717, 1.165) is 17.9 Å². The van der Waals surface area contributed by atoms with E-state index in [2.05, 4.69) is 10.2 Å². The van der Waals surface area contributed by atoms with E-state index in [1.807, 2.05) is 0 Å². The van der Waals surface area contributed by atoms with Crippen LogP contribution in [0.2, 0.25) is 0 Å². The molecule has 116 valence electrons. The second-order valence-electron chi connectivity index (χ2n) is 6.16. The Morgan fingerprint density at radius 1 is 1.19 bits per heavy atom. The minimum Gasteiger partial charge on any atom is -0.492 e. The molecule has 1 aliphatic heterocycles. The first kappa shape index (κ1) is 14.8. The van der Waals surface area contributed by atoms with Gasteiger partial charge in [0.25, 0.3) is 0 Å². The number of rotatable bonds is 7. The van der Waals surface area contributed by atoms with E-state index in [9.17, 15) is 4.39 Å². The lowest BCUT2D eigenvalue weighted by Crippen LogP contribution is -2.33. The molecule has 0 bridgehead atoms. The van der Waals surface area contributed by atoms with Gasteiger partial charge in [0.2, 0.25) is 0 Å². The van der Waals surface area contributed by atoms with Crippen LogP contribution in [0.1, 0.15) is 37.7 Å². The van der Waals surface area contributed by atoms with Gasteiger partial charge in [0.1, 0.15) is 18.2 Å². The zero-order valence-corrected chi connectivity index (χ0v) is 12.6. The third-order valence-corrected chi connectivity index (χ3v) is 4.29. The summed E-state index contributed by atoms with van der Waals surface area (Å²) in [5, 5.41) is 3.42. The Hall–Kier alpha value is -1.13. The normalized spacial score (nSPS) is 19.7. The molecule has 2 fully saturated rings. The van der Waals surface area contributed by atoms with E-state index in [0.29, 0.717) is 19.2 Å². The van der Waals surface area contributed by atoms with Gasteiger partial charge in [-0.2, -0.15) is 0 Å². The molecular weight excluding hydrogens is 267 g/mol. The molecule has 1 heterocycles. The fourth-order valence-electron chi connectivity index (χ4n) is 2.84. The van der Waals surface area contributed by atoms with Gasteiger partial charge < -0.3 is 10.1 Å². The van der Waals surface area contributed by atoms with E-state index in [4.69, 9.17) is 4.74 Å². The largest absolute Gasteiger partial charge is 0.492 e. The molecule has 0 radical (unpaired) electrons. The highest BCUT2D eigenvalue weighted by Gasteiger charge is 2.20. The molecular formula is C17H25FN2O. The predicted molar refractivity (Wildman–Crippen MR) is 82.0 cm³/mol. The highest BCUT2D eigenvalue weighted by atomic mass is 19.1. The number of benzene rings is 1. The lowest BCUT2D eigenvalue weighted by Gasteiger charge is -2.26. The quantitative estimate of drug-likeness (QED) is 0.836. The molecule has 4 heteroatoms. The SMILES string of the molecule is Fc1ccc(OCCN2CCCCC2)c(CNC2CC2)c1. The summed E-state index contributed by atoms with van der Waals surface area (Å²) in [6.07, 6.45) is 6.42. The van der Waals surface area contributed by atoms with E-state index in [1.165, 1.54) is 51.3 Å². The van der Waals surface area contributed by atoms with Gasteiger partial charge in [-0.15, -0.1) is 0 Å². The summed E-state index contributed by atoms with van der Waals surface area (Å²) in [6.45, 7) is 4.71. The molecule has 1 saturated carbocycles. The van der Waals surface area contributed by atoms with Gasteiger partial charge >= 0.3 is 0 Å². The lowest BCUT2D eigenvalue weighted by molar-refractivity contribution is 0.182. The molecule has 21 heavy (non-hydrogen) atoms. The Bertz CT molecular complexity index is 456. The van der Waals surface area contributed by atoms with Gasteiger partial charge in [-0.1, -0.05) is 6.42 Å². The highest BCUT2D eigenvalue weighted by Crippen LogP contribution is 2.23. The van der Waals surface area contributed by atoms with Gasteiger partial charge in [0.05, 0.1) is 0 Å². The fourth-order valence-corrected chi connectivity index (χ4v) is 2.84. The molecule has 1 N–H and O–H groups in total.